The summed E-state index contributed by atoms with van der Waals surface area (Å²) >= 11 is 0. The molecule has 2 rings (SSSR count). The maximum Gasteiger partial charge on any atom is 0.334 e. The quantitative estimate of drug-likeness (QED) is 0.573. The van der Waals surface area contributed by atoms with E-state index >= 15 is 0 Å². The molecule has 3 heteroatoms. The van der Waals surface area contributed by atoms with Crippen LogP contribution < -0.4 is 0 Å². The molecule has 23 heavy (non-hydrogen) atoms. The summed E-state index contributed by atoms with van der Waals surface area (Å²) < 4.78 is 5.72. The molecule has 3 nitrogen and oxygen atoms in total. The normalized spacial score (nSPS) is 35.6. The number of rotatable bonds is 1. The van der Waals surface area contributed by atoms with Crippen molar-refractivity contribution < 1.29 is 14.6 Å². The lowest BCUT2D eigenvalue weighted by molar-refractivity contribution is -0.166. The molecule has 1 N–H and O–H groups in total. The zero-order chi connectivity index (χ0) is 17.0. The van der Waals surface area contributed by atoms with E-state index in [1.807, 2.05) is 13.0 Å². The summed E-state index contributed by atoms with van der Waals surface area (Å²) in [6.45, 7) is 10.1. The second-order valence-electron chi connectivity index (χ2n) is 7.39. The van der Waals surface area contributed by atoms with Gasteiger partial charge in [0.15, 0.2) is 0 Å². The van der Waals surface area contributed by atoms with Crippen LogP contribution in [0.5, 0.6) is 0 Å². The second-order valence-corrected chi connectivity index (χ2v) is 7.39. The van der Waals surface area contributed by atoms with Crippen LogP contribution in [0.25, 0.3) is 0 Å². The molecule has 0 saturated heterocycles. The highest BCUT2D eigenvalue weighted by molar-refractivity contribution is 5.89. The third-order valence-electron chi connectivity index (χ3n) is 5.35. The maximum absolute atomic E-state index is 12.5. The molecular weight excluding hydrogens is 288 g/mol. The van der Waals surface area contributed by atoms with Crippen molar-refractivity contribution in [2.24, 2.45) is 5.92 Å². The Balaban J connectivity index is 2.27. The first-order valence-electron chi connectivity index (χ1n) is 8.73. The van der Waals surface area contributed by atoms with Gasteiger partial charge in [0, 0.05) is 5.57 Å². The van der Waals surface area contributed by atoms with Crippen LogP contribution in [0, 0.1) is 5.92 Å². The van der Waals surface area contributed by atoms with E-state index in [0.717, 1.165) is 43.3 Å². The molecule has 2 bridgehead atoms. The summed E-state index contributed by atoms with van der Waals surface area (Å²) in [5.41, 5.74) is 2.43. The SMILES string of the molecule is C=C(C)C1C/C=C(\C)CC[C@H](O)[C@@]2(C)CCC=C(CC1)C(=O)O2. The summed E-state index contributed by atoms with van der Waals surface area (Å²) in [5.74, 6) is 0.132. The number of hydrogen-bond acceptors (Lipinski definition) is 3. The van der Waals surface area contributed by atoms with E-state index < -0.39 is 11.7 Å². The Labute approximate surface area is 140 Å². The van der Waals surface area contributed by atoms with E-state index in [9.17, 15) is 9.90 Å². The fourth-order valence-corrected chi connectivity index (χ4v) is 3.39. The summed E-state index contributed by atoms with van der Waals surface area (Å²) in [6, 6.07) is 0. The molecule has 2 aliphatic heterocycles. The number of aliphatic hydroxyl groups excluding tert-OH is 1. The van der Waals surface area contributed by atoms with E-state index in [-0.39, 0.29) is 5.97 Å². The Morgan fingerprint density at radius 2 is 2.09 bits per heavy atom. The Morgan fingerprint density at radius 1 is 1.35 bits per heavy atom. The fourth-order valence-electron chi connectivity index (χ4n) is 3.39. The van der Waals surface area contributed by atoms with Crippen molar-refractivity contribution in [3.63, 3.8) is 0 Å². The molecule has 0 aromatic rings. The van der Waals surface area contributed by atoms with Crippen LogP contribution in [0.3, 0.4) is 0 Å². The Hall–Kier alpha value is -1.35. The summed E-state index contributed by atoms with van der Waals surface area (Å²) in [7, 11) is 0. The average Bonchev–Trinajstić information content (AvgIpc) is 2.62. The van der Waals surface area contributed by atoms with E-state index in [1.165, 1.54) is 5.57 Å². The van der Waals surface area contributed by atoms with Gasteiger partial charge in [0.1, 0.15) is 5.60 Å². The van der Waals surface area contributed by atoms with Crippen LogP contribution in [0.15, 0.2) is 35.5 Å². The van der Waals surface area contributed by atoms with Crippen LogP contribution >= 0.6 is 0 Å². The molecule has 0 spiro atoms. The fraction of sp³-hybridized carbons (Fsp3) is 0.650. The highest BCUT2D eigenvalue weighted by Crippen LogP contribution is 2.33. The number of carbonyl (C=O) groups excluding carboxylic acids is 1. The number of allylic oxidation sites excluding steroid dienone is 4. The molecule has 0 saturated carbocycles. The summed E-state index contributed by atoms with van der Waals surface area (Å²) in [5, 5.41) is 10.6. The van der Waals surface area contributed by atoms with Crippen molar-refractivity contribution in [3.8, 4) is 0 Å². The third kappa shape index (κ3) is 4.57. The van der Waals surface area contributed by atoms with Gasteiger partial charge < -0.3 is 9.84 Å². The average molecular weight is 318 g/mol. The standard InChI is InChI=1S/C20H30O3/c1-14(2)16-9-7-15(3)8-12-18(21)20(4)13-5-6-17(11-10-16)19(22)23-20/h6-7,16,18,21H,1,5,8-13H2,2-4H3/b15-7+/t16?,18-,20+/m0/s1. The van der Waals surface area contributed by atoms with Gasteiger partial charge in [0.25, 0.3) is 0 Å². The number of carbonyl (C=O) groups is 1. The van der Waals surface area contributed by atoms with Crippen LogP contribution in [0.4, 0.5) is 0 Å². The Morgan fingerprint density at radius 3 is 2.78 bits per heavy atom. The lowest BCUT2D eigenvalue weighted by Gasteiger charge is -2.33. The lowest BCUT2D eigenvalue weighted by atomic mass is 9.87. The van der Waals surface area contributed by atoms with Gasteiger partial charge in [-0.3, -0.25) is 0 Å². The molecule has 0 aliphatic carbocycles. The van der Waals surface area contributed by atoms with E-state index in [2.05, 4.69) is 26.5 Å². The third-order valence-corrected chi connectivity index (χ3v) is 5.35. The Kier molecular flexibility index (Phi) is 5.85. The van der Waals surface area contributed by atoms with Crippen molar-refractivity contribution >= 4 is 5.97 Å². The van der Waals surface area contributed by atoms with E-state index in [1.54, 1.807) is 0 Å². The molecule has 0 aromatic heterocycles. The zero-order valence-electron chi connectivity index (χ0n) is 14.7. The minimum absolute atomic E-state index is 0.256. The second kappa shape index (κ2) is 7.48. The molecule has 3 atom stereocenters. The molecular formula is C20H30O3. The van der Waals surface area contributed by atoms with Crippen molar-refractivity contribution in [2.45, 2.75) is 77.4 Å². The van der Waals surface area contributed by atoms with Crippen molar-refractivity contribution in [3.05, 3.63) is 35.5 Å². The predicted molar refractivity (Wildman–Crippen MR) is 93.0 cm³/mol. The number of esters is 1. The van der Waals surface area contributed by atoms with E-state index in [4.69, 9.17) is 4.74 Å². The number of fused-ring (bicyclic) bond motifs is 3. The highest BCUT2D eigenvalue weighted by atomic mass is 16.6. The summed E-state index contributed by atoms with van der Waals surface area (Å²) in [6.07, 6.45) is 9.14. The van der Waals surface area contributed by atoms with Gasteiger partial charge in [0.05, 0.1) is 6.10 Å². The summed E-state index contributed by atoms with van der Waals surface area (Å²) in [4.78, 5) is 12.5. The van der Waals surface area contributed by atoms with Gasteiger partial charge in [-0.25, -0.2) is 4.79 Å². The van der Waals surface area contributed by atoms with Gasteiger partial charge in [0.2, 0.25) is 0 Å². The first-order chi connectivity index (χ1) is 10.8. The molecule has 1 unspecified atom stereocenters. The van der Waals surface area contributed by atoms with Gasteiger partial charge in [-0.05, 0) is 71.6 Å². The smallest absolute Gasteiger partial charge is 0.334 e. The first-order valence-corrected chi connectivity index (χ1v) is 8.73. The monoisotopic (exact) mass is 318 g/mol. The first kappa shape index (κ1) is 18.0. The lowest BCUT2D eigenvalue weighted by Crippen LogP contribution is -2.43. The van der Waals surface area contributed by atoms with Crippen LogP contribution in [0.1, 0.15) is 65.7 Å². The molecule has 2 aliphatic rings. The minimum Gasteiger partial charge on any atom is -0.453 e. The topological polar surface area (TPSA) is 46.5 Å². The van der Waals surface area contributed by atoms with E-state index in [0.29, 0.717) is 18.8 Å². The van der Waals surface area contributed by atoms with Crippen LogP contribution in [-0.2, 0) is 9.53 Å². The Bertz CT molecular complexity index is 529. The van der Waals surface area contributed by atoms with Gasteiger partial charge in [-0.2, -0.15) is 0 Å². The van der Waals surface area contributed by atoms with Crippen LogP contribution in [0.2, 0.25) is 0 Å². The molecule has 0 aromatic carbocycles. The zero-order valence-corrected chi connectivity index (χ0v) is 14.7. The highest BCUT2D eigenvalue weighted by Gasteiger charge is 2.38. The van der Waals surface area contributed by atoms with Gasteiger partial charge in [-0.1, -0.05) is 29.9 Å². The number of aliphatic hydroxyl groups is 1. The van der Waals surface area contributed by atoms with Gasteiger partial charge in [-0.15, -0.1) is 0 Å². The molecule has 0 radical (unpaired) electrons. The minimum atomic E-state index is -0.780. The van der Waals surface area contributed by atoms with Crippen molar-refractivity contribution in [2.75, 3.05) is 0 Å². The maximum atomic E-state index is 12.5. The van der Waals surface area contributed by atoms with Crippen molar-refractivity contribution in [1.82, 2.24) is 0 Å². The largest absolute Gasteiger partial charge is 0.453 e. The number of ether oxygens (including phenoxy) is 1. The molecule has 0 fully saturated rings. The molecule has 128 valence electrons. The van der Waals surface area contributed by atoms with Gasteiger partial charge >= 0.3 is 5.97 Å². The predicted octanol–water partition coefficient (Wildman–Crippen LogP) is 4.47. The molecule has 0 amide bonds. The van der Waals surface area contributed by atoms with Crippen LogP contribution in [-0.4, -0.2) is 22.8 Å². The van der Waals surface area contributed by atoms with Crippen molar-refractivity contribution in [1.29, 1.82) is 0 Å². The molecule has 2 heterocycles. The number of hydrogen-bond donors (Lipinski definition) is 1.